The fraction of sp³-hybridized carbons (Fsp3) is 0.667. The minimum atomic E-state index is 0.566. The molecule has 1 atom stereocenters. The van der Waals surface area contributed by atoms with E-state index in [9.17, 15) is 0 Å². The lowest BCUT2D eigenvalue weighted by atomic mass is 9.99. The van der Waals surface area contributed by atoms with Gasteiger partial charge in [-0.15, -0.1) is 0 Å². The van der Waals surface area contributed by atoms with E-state index >= 15 is 0 Å². The maximum atomic E-state index is 5.28. The van der Waals surface area contributed by atoms with Crippen LogP contribution in [0.1, 0.15) is 57.4 Å². The quantitative estimate of drug-likeness (QED) is 0.541. The van der Waals surface area contributed by atoms with E-state index in [1.54, 1.807) is 7.11 Å². The SMILES string of the molecule is CCCCCCCCC(Cc1ccc(OC)c(Br)c1)NC. The van der Waals surface area contributed by atoms with Gasteiger partial charge in [0.25, 0.3) is 0 Å². The smallest absolute Gasteiger partial charge is 0.133 e. The maximum Gasteiger partial charge on any atom is 0.133 e. The number of rotatable bonds is 11. The van der Waals surface area contributed by atoms with Crippen LogP contribution >= 0.6 is 15.9 Å². The van der Waals surface area contributed by atoms with Gasteiger partial charge in [-0.25, -0.2) is 0 Å². The van der Waals surface area contributed by atoms with E-state index in [-0.39, 0.29) is 0 Å². The summed E-state index contributed by atoms with van der Waals surface area (Å²) in [5.74, 6) is 0.899. The normalized spacial score (nSPS) is 12.4. The Bertz CT molecular complexity index is 395. The molecule has 0 radical (unpaired) electrons. The van der Waals surface area contributed by atoms with Gasteiger partial charge in [0.2, 0.25) is 0 Å². The molecule has 1 N–H and O–H groups in total. The van der Waals surface area contributed by atoms with E-state index in [1.807, 2.05) is 6.07 Å². The number of ether oxygens (including phenoxy) is 1. The van der Waals surface area contributed by atoms with E-state index in [0.717, 1.165) is 16.6 Å². The highest BCUT2D eigenvalue weighted by Gasteiger charge is 2.09. The number of hydrogen-bond donors (Lipinski definition) is 1. The van der Waals surface area contributed by atoms with E-state index in [0.29, 0.717) is 6.04 Å². The maximum absolute atomic E-state index is 5.28. The third-order valence-electron chi connectivity index (χ3n) is 4.01. The second kappa shape index (κ2) is 11.1. The molecule has 0 saturated heterocycles. The van der Waals surface area contributed by atoms with Crippen LogP contribution in [0.4, 0.5) is 0 Å². The molecular formula is C18H30BrNO. The molecule has 0 saturated carbocycles. The van der Waals surface area contributed by atoms with Crippen LogP contribution in [0.2, 0.25) is 0 Å². The van der Waals surface area contributed by atoms with E-state index in [1.165, 1.54) is 50.5 Å². The minimum absolute atomic E-state index is 0.566. The Labute approximate surface area is 138 Å². The second-order valence-corrected chi connectivity index (χ2v) is 6.57. The first-order valence-corrected chi connectivity index (χ1v) is 9.00. The summed E-state index contributed by atoms with van der Waals surface area (Å²) in [6.45, 7) is 2.27. The Hall–Kier alpha value is -0.540. The molecule has 0 aliphatic carbocycles. The number of likely N-dealkylation sites (N-methyl/N-ethyl adjacent to an activating group) is 1. The van der Waals surface area contributed by atoms with Gasteiger partial charge in [0, 0.05) is 6.04 Å². The first kappa shape index (κ1) is 18.5. The lowest BCUT2D eigenvalue weighted by Crippen LogP contribution is -2.27. The number of unbranched alkanes of at least 4 members (excludes halogenated alkanes) is 5. The molecule has 0 spiro atoms. The van der Waals surface area contributed by atoms with Crippen LogP contribution in [0, 0.1) is 0 Å². The molecule has 1 unspecified atom stereocenters. The minimum Gasteiger partial charge on any atom is -0.496 e. The fourth-order valence-corrected chi connectivity index (χ4v) is 3.23. The summed E-state index contributed by atoms with van der Waals surface area (Å²) in [6.07, 6.45) is 10.5. The van der Waals surface area contributed by atoms with Crippen LogP contribution < -0.4 is 10.1 Å². The monoisotopic (exact) mass is 355 g/mol. The zero-order valence-corrected chi connectivity index (χ0v) is 15.3. The largest absolute Gasteiger partial charge is 0.496 e. The van der Waals surface area contributed by atoms with Crippen molar-refractivity contribution in [1.29, 1.82) is 0 Å². The molecule has 0 bridgehead atoms. The molecule has 1 aromatic rings. The van der Waals surface area contributed by atoms with Gasteiger partial charge in [0.05, 0.1) is 11.6 Å². The second-order valence-electron chi connectivity index (χ2n) is 5.72. The van der Waals surface area contributed by atoms with Crippen LogP contribution in [0.25, 0.3) is 0 Å². The average molecular weight is 356 g/mol. The lowest BCUT2D eigenvalue weighted by Gasteiger charge is -2.17. The number of benzene rings is 1. The molecule has 3 heteroatoms. The molecule has 0 heterocycles. The first-order valence-electron chi connectivity index (χ1n) is 8.21. The topological polar surface area (TPSA) is 21.3 Å². The molecule has 120 valence electrons. The Balaban J connectivity index is 2.34. The van der Waals surface area contributed by atoms with Crippen molar-refractivity contribution in [2.24, 2.45) is 0 Å². The van der Waals surface area contributed by atoms with Gasteiger partial charge in [-0.2, -0.15) is 0 Å². The van der Waals surface area contributed by atoms with Crippen LogP contribution in [0.3, 0.4) is 0 Å². The summed E-state index contributed by atoms with van der Waals surface area (Å²) < 4.78 is 6.32. The van der Waals surface area contributed by atoms with Crippen molar-refractivity contribution in [2.75, 3.05) is 14.2 Å². The summed E-state index contributed by atoms with van der Waals surface area (Å²) in [6, 6.07) is 6.94. The summed E-state index contributed by atoms with van der Waals surface area (Å²) in [4.78, 5) is 0. The van der Waals surface area contributed by atoms with E-state index in [4.69, 9.17) is 4.74 Å². The van der Waals surface area contributed by atoms with Gasteiger partial charge in [0.1, 0.15) is 5.75 Å². The molecule has 0 aliphatic heterocycles. The number of nitrogens with one attached hydrogen (secondary N) is 1. The summed E-state index contributed by atoms with van der Waals surface area (Å²) >= 11 is 3.56. The molecule has 0 fully saturated rings. The van der Waals surface area contributed by atoms with Gasteiger partial charge in [0.15, 0.2) is 0 Å². The van der Waals surface area contributed by atoms with Crippen LogP contribution in [0.5, 0.6) is 5.75 Å². The van der Waals surface area contributed by atoms with Crippen molar-refractivity contribution in [3.63, 3.8) is 0 Å². The standard InChI is InChI=1S/C18H30BrNO/c1-4-5-6-7-8-9-10-16(20-2)13-15-11-12-18(21-3)17(19)14-15/h11-12,14,16,20H,4-10,13H2,1-3H3. The highest BCUT2D eigenvalue weighted by molar-refractivity contribution is 9.10. The number of hydrogen-bond acceptors (Lipinski definition) is 2. The molecular weight excluding hydrogens is 326 g/mol. The van der Waals surface area contributed by atoms with Gasteiger partial charge in [-0.3, -0.25) is 0 Å². The molecule has 0 aromatic heterocycles. The van der Waals surface area contributed by atoms with Gasteiger partial charge < -0.3 is 10.1 Å². The van der Waals surface area contributed by atoms with Crippen molar-refractivity contribution in [3.05, 3.63) is 28.2 Å². The zero-order chi connectivity index (χ0) is 15.5. The molecule has 2 nitrogen and oxygen atoms in total. The third-order valence-corrected chi connectivity index (χ3v) is 4.63. The molecule has 1 aromatic carbocycles. The van der Waals surface area contributed by atoms with Gasteiger partial charge in [-0.1, -0.05) is 51.5 Å². The first-order chi connectivity index (χ1) is 10.2. The summed E-state index contributed by atoms with van der Waals surface area (Å²) in [7, 11) is 3.77. The molecule has 1 rings (SSSR count). The Morgan fingerprint density at radius 2 is 1.86 bits per heavy atom. The van der Waals surface area contributed by atoms with Gasteiger partial charge in [-0.05, 0) is 53.5 Å². The van der Waals surface area contributed by atoms with Crippen molar-refractivity contribution in [3.8, 4) is 5.75 Å². The van der Waals surface area contributed by atoms with Crippen molar-refractivity contribution in [1.82, 2.24) is 5.32 Å². The lowest BCUT2D eigenvalue weighted by molar-refractivity contribution is 0.411. The van der Waals surface area contributed by atoms with E-state index < -0.39 is 0 Å². The van der Waals surface area contributed by atoms with Crippen LogP contribution in [0.15, 0.2) is 22.7 Å². The van der Waals surface area contributed by atoms with Gasteiger partial charge >= 0.3 is 0 Å². The molecule has 0 amide bonds. The number of halogens is 1. The van der Waals surface area contributed by atoms with Crippen molar-refractivity contribution < 1.29 is 4.74 Å². The molecule has 21 heavy (non-hydrogen) atoms. The van der Waals surface area contributed by atoms with Crippen molar-refractivity contribution in [2.45, 2.75) is 64.3 Å². The Morgan fingerprint density at radius 3 is 2.48 bits per heavy atom. The highest BCUT2D eigenvalue weighted by atomic mass is 79.9. The summed E-state index contributed by atoms with van der Waals surface area (Å²) in [5.41, 5.74) is 1.35. The zero-order valence-electron chi connectivity index (χ0n) is 13.8. The van der Waals surface area contributed by atoms with Crippen molar-refractivity contribution >= 4 is 15.9 Å². The van der Waals surface area contributed by atoms with E-state index in [2.05, 4.69) is 47.4 Å². The third kappa shape index (κ3) is 7.32. The highest BCUT2D eigenvalue weighted by Crippen LogP contribution is 2.26. The number of methoxy groups -OCH3 is 1. The Morgan fingerprint density at radius 1 is 1.14 bits per heavy atom. The predicted molar refractivity (Wildman–Crippen MR) is 95.2 cm³/mol. The predicted octanol–water partition coefficient (Wildman–Crippen LogP) is 5.34. The van der Waals surface area contributed by atoms with Crippen LogP contribution in [-0.2, 0) is 6.42 Å². The fourth-order valence-electron chi connectivity index (χ4n) is 2.64. The Kier molecular flexibility index (Phi) is 9.77. The van der Waals surface area contributed by atoms with Crippen LogP contribution in [-0.4, -0.2) is 20.2 Å². The molecule has 0 aliphatic rings. The average Bonchev–Trinajstić information content (AvgIpc) is 2.49. The summed E-state index contributed by atoms with van der Waals surface area (Å²) in [5, 5.41) is 3.45.